The molecule has 2 aromatic rings. The van der Waals surface area contributed by atoms with Gasteiger partial charge in [-0.05, 0) is 29.8 Å². The molecule has 0 atom stereocenters. The highest BCUT2D eigenvalue weighted by Crippen LogP contribution is 2.32. The van der Waals surface area contributed by atoms with Gasteiger partial charge in [0, 0.05) is 23.7 Å². The predicted octanol–water partition coefficient (Wildman–Crippen LogP) is 3.03. The molecule has 0 amide bonds. The molecule has 2 rings (SSSR count). The summed E-state index contributed by atoms with van der Waals surface area (Å²) in [6.45, 7) is 4.63. The molecule has 0 fully saturated rings. The third-order valence-corrected chi connectivity index (χ3v) is 6.70. The van der Waals surface area contributed by atoms with Crippen molar-refractivity contribution in [2.24, 2.45) is 0 Å². The van der Waals surface area contributed by atoms with Crippen molar-refractivity contribution in [2.45, 2.75) is 18.1 Å². The number of hydrogen-bond acceptors (Lipinski definition) is 4. The van der Waals surface area contributed by atoms with Gasteiger partial charge in [-0.1, -0.05) is 26.0 Å². The first-order valence-corrected chi connectivity index (χ1v) is 8.70. The number of anilines is 1. The first-order valence-electron chi connectivity index (χ1n) is 6.45. The number of hydrogen-bond donors (Lipinski definition) is 1. The Morgan fingerprint density at radius 2 is 1.85 bits per heavy atom. The van der Waals surface area contributed by atoms with E-state index in [0.29, 0.717) is 23.0 Å². The van der Waals surface area contributed by atoms with Crippen molar-refractivity contribution in [1.29, 1.82) is 0 Å². The van der Waals surface area contributed by atoms with Crippen molar-refractivity contribution in [3.05, 3.63) is 36.4 Å². The summed E-state index contributed by atoms with van der Waals surface area (Å²) in [5.74, 6) is 0. The van der Waals surface area contributed by atoms with Crippen LogP contribution in [0.25, 0.3) is 10.4 Å². The summed E-state index contributed by atoms with van der Waals surface area (Å²) in [5, 5.41) is 0. The zero-order valence-corrected chi connectivity index (χ0v) is 13.2. The van der Waals surface area contributed by atoms with Gasteiger partial charge in [-0.2, -0.15) is 4.31 Å². The van der Waals surface area contributed by atoms with Crippen molar-refractivity contribution in [1.82, 2.24) is 4.31 Å². The Labute approximate surface area is 123 Å². The van der Waals surface area contributed by atoms with E-state index in [1.807, 2.05) is 44.2 Å². The second-order valence-corrected chi connectivity index (χ2v) is 7.58. The molecule has 1 heterocycles. The van der Waals surface area contributed by atoms with Gasteiger partial charge >= 0.3 is 0 Å². The number of nitrogens with two attached hydrogens (primary N) is 1. The fourth-order valence-corrected chi connectivity index (χ4v) is 4.91. The zero-order valence-electron chi connectivity index (χ0n) is 11.5. The van der Waals surface area contributed by atoms with Gasteiger partial charge in [0.1, 0.15) is 4.21 Å². The van der Waals surface area contributed by atoms with Gasteiger partial charge < -0.3 is 5.73 Å². The highest BCUT2D eigenvalue weighted by molar-refractivity contribution is 7.91. The smallest absolute Gasteiger partial charge is 0.252 e. The van der Waals surface area contributed by atoms with E-state index in [1.165, 1.54) is 15.6 Å². The summed E-state index contributed by atoms with van der Waals surface area (Å²) in [7, 11) is -3.38. The van der Waals surface area contributed by atoms with Gasteiger partial charge in [0.15, 0.2) is 0 Å². The van der Waals surface area contributed by atoms with E-state index >= 15 is 0 Å². The highest BCUT2D eigenvalue weighted by atomic mass is 32.2. The molecule has 0 aliphatic heterocycles. The lowest BCUT2D eigenvalue weighted by molar-refractivity contribution is 0.447. The fourth-order valence-electron chi connectivity index (χ4n) is 2.00. The maximum Gasteiger partial charge on any atom is 0.252 e. The maximum atomic E-state index is 12.4. The molecule has 1 aromatic heterocycles. The van der Waals surface area contributed by atoms with E-state index in [2.05, 4.69) is 0 Å². The van der Waals surface area contributed by atoms with Crippen molar-refractivity contribution < 1.29 is 8.42 Å². The Hall–Kier alpha value is -1.37. The van der Waals surface area contributed by atoms with Crippen LogP contribution in [0.2, 0.25) is 0 Å². The van der Waals surface area contributed by atoms with Crippen LogP contribution < -0.4 is 5.73 Å². The van der Waals surface area contributed by atoms with Crippen LogP contribution in [-0.2, 0) is 10.0 Å². The normalized spacial score (nSPS) is 11.9. The Balaban J connectivity index is 2.39. The number of nitrogen functional groups attached to an aromatic ring is 1. The van der Waals surface area contributed by atoms with Crippen LogP contribution in [0.1, 0.15) is 13.8 Å². The second kappa shape index (κ2) is 5.95. The van der Waals surface area contributed by atoms with Crippen LogP contribution in [0.5, 0.6) is 0 Å². The highest BCUT2D eigenvalue weighted by Gasteiger charge is 2.23. The molecule has 0 aliphatic carbocycles. The van der Waals surface area contributed by atoms with Crippen LogP contribution in [0.3, 0.4) is 0 Å². The van der Waals surface area contributed by atoms with Crippen LogP contribution in [0.15, 0.2) is 40.6 Å². The quantitative estimate of drug-likeness (QED) is 0.863. The summed E-state index contributed by atoms with van der Waals surface area (Å²) < 4.78 is 26.7. The molecule has 4 nitrogen and oxygen atoms in total. The average Bonchev–Trinajstić information content (AvgIpc) is 2.90. The average molecular weight is 310 g/mol. The van der Waals surface area contributed by atoms with Gasteiger partial charge in [0.05, 0.1) is 0 Å². The molecule has 6 heteroatoms. The lowest BCUT2D eigenvalue weighted by atomic mass is 10.2. The van der Waals surface area contributed by atoms with Crippen LogP contribution >= 0.6 is 11.3 Å². The molecular formula is C14H18N2O2S2. The summed E-state index contributed by atoms with van der Waals surface area (Å²) in [6.07, 6.45) is 0. The number of sulfonamides is 1. The molecule has 1 aromatic carbocycles. The van der Waals surface area contributed by atoms with Gasteiger partial charge in [-0.25, -0.2) is 8.42 Å². The van der Waals surface area contributed by atoms with E-state index < -0.39 is 10.0 Å². The molecular weight excluding hydrogens is 292 g/mol. The fraction of sp³-hybridized carbons (Fsp3) is 0.286. The zero-order chi connectivity index (χ0) is 14.8. The Morgan fingerprint density at radius 3 is 2.45 bits per heavy atom. The first kappa shape index (κ1) is 15.0. The summed E-state index contributed by atoms with van der Waals surface area (Å²) in [5.41, 5.74) is 7.37. The number of rotatable bonds is 5. The molecule has 0 saturated carbocycles. The van der Waals surface area contributed by atoms with Crippen LogP contribution in [0, 0.1) is 0 Å². The van der Waals surface area contributed by atoms with Crippen molar-refractivity contribution in [2.75, 3.05) is 18.8 Å². The van der Waals surface area contributed by atoms with Crippen molar-refractivity contribution >= 4 is 27.0 Å². The minimum Gasteiger partial charge on any atom is -0.399 e. The minimum atomic E-state index is -3.38. The molecule has 0 saturated heterocycles. The summed E-state index contributed by atoms with van der Waals surface area (Å²) >= 11 is 1.28. The van der Waals surface area contributed by atoms with Crippen LogP contribution in [0.4, 0.5) is 5.69 Å². The summed E-state index contributed by atoms with van der Waals surface area (Å²) in [4.78, 5) is 0.906. The van der Waals surface area contributed by atoms with Gasteiger partial charge in [0.25, 0.3) is 10.0 Å². The molecule has 0 spiro atoms. The van der Waals surface area contributed by atoms with Crippen molar-refractivity contribution in [3.63, 3.8) is 0 Å². The van der Waals surface area contributed by atoms with Gasteiger partial charge in [-0.3, -0.25) is 0 Å². The van der Waals surface area contributed by atoms with E-state index in [1.54, 1.807) is 6.07 Å². The van der Waals surface area contributed by atoms with E-state index in [9.17, 15) is 8.42 Å². The van der Waals surface area contributed by atoms with Crippen molar-refractivity contribution in [3.8, 4) is 10.4 Å². The Morgan fingerprint density at radius 1 is 1.15 bits per heavy atom. The van der Waals surface area contributed by atoms with E-state index in [-0.39, 0.29) is 0 Å². The lowest BCUT2D eigenvalue weighted by Gasteiger charge is -2.16. The molecule has 0 aliphatic rings. The van der Waals surface area contributed by atoms with E-state index in [0.717, 1.165) is 10.4 Å². The molecule has 0 unspecified atom stereocenters. The summed E-state index contributed by atoms with van der Waals surface area (Å²) in [6, 6.07) is 10.9. The topological polar surface area (TPSA) is 63.4 Å². The van der Waals surface area contributed by atoms with E-state index in [4.69, 9.17) is 5.73 Å². The predicted molar refractivity (Wildman–Crippen MR) is 84.3 cm³/mol. The molecule has 0 bridgehead atoms. The lowest BCUT2D eigenvalue weighted by Crippen LogP contribution is -2.29. The molecule has 20 heavy (non-hydrogen) atoms. The third-order valence-electron chi connectivity index (χ3n) is 3.05. The Bertz CT molecular complexity index is 689. The first-order chi connectivity index (χ1) is 9.48. The van der Waals surface area contributed by atoms with Crippen LogP contribution in [-0.4, -0.2) is 25.8 Å². The third kappa shape index (κ3) is 2.87. The molecule has 0 radical (unpaired) electrons. The number of benzene rings is 1. The second-order valence-electron chi connectivity index (χ2n) is 4.33. The number of thiophene rings is 1. The Kier molecular flexibility index (Phi) is 4.47. The van der Waals surface area contributed by atoms with Gasteiger partial charge in [-0.15, -0.1) is 11.3 Å². The standard InChI is InChI=1S/C14H18N2O2S2/c1-3-16(4-2)20(17,18)14-9-8-13(19-14)11-6-5-7-12(15)10-11/h5-10H,3-4,15H2,1-2H3. The monoisotopic (exact) mass is 310 g/mol. The number of nitrogens with zero attached hydrogens (tertiary/aromatic N) is 1. The maximum absolute atomic E-state index is 12.4. The van der Waals surface area contributed by atoms with Gasteiger partial charge in [0.2, 0.25) is 0 Å². The SMILES string of the molecule is CCN(CC)S(=O)(=O)c1ccc(-c2cccc(N)c2)s1. The molecule has 108 valence electrons. The molecule has 2 N–H and O–H groups in total. The largest absolute Gasteiger partial charge is 0.399 e. The minimum absolute atomic E-state index is 0.374.